The molecule has 0 aromatic heterocycles. The highest BCUT2D eigenvalue weighted by Crippen LogP contribution is 2.36. The Morgan fingerprint density at radius 3 is 2.93 bits per heavy atom. The average Bonchev–Trinajstić information content (AvgIpc) is 2.43. The first-order chi connectivity index (χ1) is 6.70. The molecule has 0 saturated heterocycles. The fourth-order valence-electron chi connectivity index (χ4n) is 1.92. The third-order valence-corrected chi connectivity index (χ3v) is 3.47. The summed E-state index contributed by atoms with van der Waals surface area (Å²) in [4.78, 5) is 0. The molecule has 14 heavy (non-hydrogen) atoms. The predicted molar refractivity (Wildman–Crippen MR) is 61.5 cm³/mol. The fourth-order valence-corrected chi connectivity index (χ4v) is 2.93. The zero-order valence-electron chi connectivity index (χ0n) is 8.35. The summed E-state index contributed by atoms with van der Waals surface area (Å²) in [5.74, 6) is 0.310. The van der Waals surface area contributed by atoms with Gasteiger partial charge >= 0.3 is 0 Å². The standard InChI is InChI=1S/C8H19NO3P2/c1-5-7(11-3-2-10)4-6(9)8(5)12-14-13/h5-8,10,14H,2-4,9,13H2,1H3/t5-,6-,7+,8-/m1/s1. The Kier molecular flexibility index (Phi) is 5.76. The number of aliphatic hydroxyl groups excluding tert-OH is 1. The van der Waals surface area contributed by atoms with Crippen LogP contribution in [0, 0.1) is 5.92 Å². The molecule has 1 saturated carbocycles. The molecule has 6 atom stereocenters. The van der Waals surface area contributed by atoms with Crippen molar-refractivity contribution in [3.05, 3.63) is 0 Å². The maximum atomic E-state index is 8.66. The Morgan fingerprint density at radius 2 is 2.36 bits per heavy atom. The molecule has 1 aliphatic rings. The zero-order valence-corrected chi connectivity index (χ0v) is 10.5. The second kappa shape index (κ2) is 6.32. The molecular weight excluding hydrogens is 220 g/mol. The summed E-state index contributed by atoms with van der Waals surface area (Å²) in [6, 6.07) is 0.0572. The van der Waals surface area contributed by atoms with E-state index >= 15 is 0 Å². The van der Waals surface area contributed by atoms with E-state index in [2.05, 4.69) is 15.9 Å². The van der Waals surface area contributed by atoms with Crippen LogP contribution in [-0.2, 0) is 9.26 Å². The van der Waals surface area contributed by atoms with Crippen molar-refractivity contribution in [3.8, 4) is 0 Å². The molecule has 0 amide bonds. The molecular formula is C8H19NO3P2. The van der Waals surface area contributed by atoms with Gasteiger partial charge in [-0.1, -0.05) is 15.9 Å². The molecule has 6 heteroatoms. The van der Waals surface area contributed by atoms with Gasteiger partial charge in [0.25, 0.3) is 0 Å². The zero-order chi connectivity index (χ0) is 10.6. The fraction of sp³-hybridized carbons (Fsp3) is 1.00. The maximum absolute atomic E-state index is 8.66. The van der Waals surface area contributed by atoms with E-state index in [-0.39, 0.29) is 24.9 Å². The minimum Gasteiger partial charge on any atom is -0.394 e. The second-order valence-corrected chi connectivity index (χ2v) is 4.77. The van der Waals surface area contributed by atoms with E-state index < -0.39 is 0 Å². The average molecular weight is 239 g/mol. The van der Waals surface area contributed by atoms with Gasteiger partial charge in [-0.2, -0.15) is 0 Å². The Hall–Kier alpha value is 0.700. The summed E-state index contributed by atoms with van der Waals surface area (Å²) in [6.07, 6.45) is 1.04. The van der Waals surface area contributed by atoms with Gasteiger partial charge in [0.05, 0.1) is 25.4 Å². The van der Waals surface area contributed by atoms with Crippen LogP contribution in [-0.4, -0.2) is 36.6 Å². The van der Waals surface area contributed by atoms with Gasteiger partial charge in [0.1, 0.15) is 0 Å². The van der Waals surface area contributed by atoms with Gasteiger partial charge in [-0.25, -0.2) is 0 Å². The molecule has 84 valence electrons. The van der Waals surface area contributed by atoms with Gasteiger partial charge in [-0.15, -0.1) is 0 Å². The van der Waals surface area contributed by atoms with Crippen LogP contribution in [0.4, 0.5) is 0 Å². The SMILES string of the molecule is C[C@H]1[C@@H](OPP)[C@H](N)C[C@@H]1OCCO. The smallest absolute Gasteiger partial charge is 0.0820 e. The normalized spacial score (nSPS) is 38.6. The van der Waals surface area contributed by atoms with E-state index in [9.17, 15) is 0 Å². The molecule has 4 nitrogen and oxygen atoms in total. The van der Waals surface area contributed by atoms with E-state index in [1.54, 1.807) is 0 Å². The molecule has 1 aliphatic carbocycles. The summed E-state index contributed by atoms with van der Waals surface area (Å²) in [5.41, 5.74) is 5.95. The lowest BCUT2D eigenvalue weighted by Gasteiger charge is -2.21. The van der Waals surface area contributed by atoms with Crippen LogP contribution in [0.15, 0.2) is 0 Å². The van der Waals surface area contributed by atoms with E-state index in [1.165, 1.54) is 0 Å². The van der Waals surface area contributed by atoms with Crippen molar-refractivity contribution < 1.29 is 14.4 Å². The van der Waals surface area contributed by atoms with E-state index in [4.69, 9.17) is 20.1 Å². The second-order valence-electron chi connectivity index (χ2n) is 3.59. The first kappa shape index (κ1) is 12.8. The molecule has 0 heterocycles. The first-order valence-electron chi connectivity index (χ1n) is 4.80. The third kappa shape index (κ3) is 3.10. The largest absolute Gasteiger partial charge is 0.394 e. The summed E-state index contributed by atoms with van der Waals surface area (Å²) < 4.78 is 11.1. The number of rotatable bonds is 5. The molecule has 0 spiro atoms. The van der Waals surface area contributed by atoms with Crippen molar-refractivity contribution >= 4 is 17.4 Å². The van der Waals surface area contributed by atoms with Gasteiger partial charge < -0.3 is 20.1 Å². The molecule has 0 aromatic carbocycles. The van der Waals surface area contributed by atoms with Crippen molar-refractivity contribution in [2.45, 2.75) is 31.6 Å². The van der Waals surface area contributed by atoms with Crippen molar-refractivity contribution in [2.75, 3.05) is 13.2 Å². The molecule has 3 N–H and O–H groups in total. The summed E-state index contributed by atoms with van der Waals surface area (Å²) in [6.45, 7) is 2.54. The van der Waals surface area contributed by atoms with Crippen LogP contribution >= 0.6 is 17.4 Å². The van der Waals surface area contributed by atoms with Crippen molar-refractivity contribution in [2.24, 2.45) is 11.7 Å². The highest BCUT2D eigenvalue weighted by Gasteiger charge is 2.40. The first-order valence-corrected chi connectivity index (χ1v) is 7.51. The molecule has 0 aromatic rings. The highest BCUT2D eigenvalue weighted by molar-refractivity contribution is 8.00. The van der Waals surface area contributed by atoms with Gasteiger partial charge in [-0.05, 0) is 6.42 Å². The Bertz CT molecular complexity index is 173. The number of hydrogen-bond donors (Lipinski definition) is 2. The minimum absolute atomic E-state index is 0.0572. The maximum Gasteiger partial charge on any atom is 0.0820 e. The number of hydrogen-bond acceptors (Lipinski definition) is 4. The van der Waals surface area contributed by atoms with Gasteiger partial charge in [0, 0.05) is 20.5 Å². The van der Waals surface area contributed by atoms with Gasteiger partial charge in [-0.3, -0.25) is 0 Å². The van der Waals surface area contributed by atoms with Gasteiger partial charge in [0.15, 0.2) is 0 Å². The lowest BCUT2D eigenvalue weighted by molar-refractivity contribution is -0.000386. The molecule has 0 aliphatic heterocycles. The predicted octanol–water partition coefficient (Wildman–Crippen LogP) is 0.500. The van der Waals surface area contributed by atoms with Gasteiger partial charge in [0.2, 0.25) is 0 Å². The van der Waals surface area contributed by atoms with E-state index in [1.807, 2.05) is 0 Å². The van der Waals surface area contributed by atoms with E-state index in [0.717, 1.165) is 6.42 Å². The van der Waals surface area contributed by atoms with Crippen LogP contribution in [0.1, 0.15) is 13.3 Å². The van der Waals surface area contributed by atoms with Crippen LogP contribution < -0.4 is 5.73 Å². The lowest BCUT2D eigenvalue weighted by Crippen LogP contribution is -2.32. The summed E-state index contributed by atoms with van der Waals surface area (Å²) >= 11 is 0. The summed E-state index contributed by atoms with van der Waals surface area (Å²) in [7, 11) is 2.95. The molecule has 0 bridgehead atoms. The topological polar surface area (TPSA) is 64.7 Å². The Labute approximate surface area is 88.9 Å². The molecule has 1 rings (SSSR count). The van der Waals surface area contributed by atoms with Crippen LogP contribution in [0.2, 0.25) is 0 Å². The monoisotopic (exact) mass is 239 g/mol. The Balaban J connectivity index is 2.42. The van der Waals surface area contributed by atoms with Crippen molar-refractivity contribution in [1.82, 2.24) is 0 Å². The lowest BCUT2D eigenvalue weighted by atomic mass is 10.1. The van der Waals surface area contributed by atoms with E-state index in [0.29, 0.717) is 21.0 Å². The quantitative estimate of drug-likeness (QED) is 0.686. The number of aliphatic hydroxyl groups is 1. The van der Waals surface area contributed by atoms with Crippen LogP contribution in [0.25, 0.3) is 0 Å². The van der Waals surface area contributed by atoms with Crippen LogP contribution in [0.5, 0.6) is 0 Å². The highest BCUT2D eigenvalue weighted by atomic mass is 32.0. The Morgan fingerprint density at radius 1 is 1.64 bits per heavy atom. The van der Waals surface area contributed by atoms with Crippen molar-refractivity contribution in [3.63, 3.8) is 0 Å². The molecule has 0 radical (unpaired) electrons. The third-order valence-electron chi connectivity index (χ3n) is 2.66. The minimum atomic E-state index is 0.0572. The summed E-state index contributed by atoms with van der Waals surface area (Å²) in [5, 5.41) is 8.66. The number of nitrogens with two attached hydrogens (primary N) is 1. The van der Waals surface area contributed by atoms with Crippen molar-refractivity contribution in [1.29, 1.82) is 0 Å². The molecule has 1 fully saturated rings. The van der Waals surface area contributed by atoms with Crippen LogP contribution in [0.3, 0.4) is 0 Å². The number of ether oxygens (including phenoxy) is 1. The molecule has 2 unspecified atom stereocenters.